The van der Waals surface area contributed by atoms with Gasteiger partial charge in [0.15, 0.2) is 5.82 Å². The third-order valence-corrected chi connectivity index (χ3v) is 6.75. The Hall–Kier alpha value is -4.54. The molecule has 208 valence electrons. The van der Waals surface area contributed by atoms with E-state index in [2.05, 4.69) is 44.0 Å². The first-order valence-corrected chi connectivity index (χ1v) is 13.5. The SMILES string of the molecule is C=CCNc1c(C(=O)NC(C)c2nc3cccc(C#Cc4cnn(C)c4)c3c(=O)n2CCSNC)c(N)nn1C. The summed E-state index contributed by atoms with van der Waals surface area (Å²) in [6, 6.07) is 4.76. The number of hydrogen-bond acceptors (Lipinski definition) is 9. The van der Waals surface area contributed by atoms with E-state index in [1.165, 1.54) is 16.6 Å². The van der Waals surface area contributed by atoms with Crippen LogP contribution in [0, 0.1) is 11.8 Å². The standard InChI is InChI=1S/C27H32N10O2S/c1-6-12-30-25-22(23(28)34-36(25)5)26(38)32-17(2)24-33-20-9-7-8-19(11-10-18-15-31-35(4)16-18)21(20)27(39)37(24)13-14-40-29-3/h6-9,15-17,29-30H,1,12-14H2,2-5H3,(H2,28,34)(H,32,38). The third kappa shape index (κ3) is 6.03. The van der Waals surface area contributed by atoms with Gasteiger partial charge in [-0.05, 0) is 26.1 Å². The fraction of sp³-hybridized carbons (Fsp3) is 0.296. The smallest absolute Gasteiger partial charge is 0.262 e. The topological polar surface area (TPSA) is 150 Å². The molecule has 5 N–H and O–H groups in total. The van der Waals surface area contributed by atoms with Gasteiger partial charge in [0.2, 0.25) is 0 Å². The summed E-state index contributed by atoms with van der Waals surface area (Å²) >= 11 is 1.47. The van der Waals surface area contributed by atoms with E-state index in [0.29, 0.717) is 47.0 Å². The number of anilines is 2. The number of rotatable bonds is 10. The molecule has 4 rings (SSSR count). The van der Waals surface area contributed by atoms with Crippen LogP contribution in [0.15, 0.2) is 48.0 Å². The molecule has 40 heavy (non-hydrogen) atoms. The molecule has 0 aliphatic rings. The van der Waals surface area contributed by atoms with Crippen molar-refractivity contribution in [3.05, 3.63) is 76.1 Å². The maximum atomic E-state index is 13.9. The number of benzene rings is 1. The van der Waals surface area contributed by atoms with Crippen LogP contribution in [0.2, 0.25) is 0 Å². The number of aromatic nitrogens is 6. The van der Waals surface area contributed by atoms with E-state index in [4.69, 9.17) is 10.7 Å². The molecule has 1 aromatic carbocycles. The minimum Gasteiger partial charge on any atom is -0.381 e. The largest absolute Gasteiger partial charge is 0.381 e. The fourth-order valence-corrected chi connectivity index (χ4v) is 4.75. The van der Waals surface area contributed by atoms with Gasteiger partial charge >= 0.3 is 0 Å². The van der Waals surface area contributed by atoms with E-state index in [1.54, 1.807) is 53.8 Å². The average molecular weight is 561 g/mol. The molecule has 0 saturated carbocycles. The van der Waals surface area contributed by atoms with E-state index in [0.717, 1.165) is 5.56 Å². The first-order valence-electron chi connectivity index (χ1n) is 12.6. The molecule has 0 aliphatic heterocycles. The quantitative estimate of drug-likeness (QED) is 0.0985. The Morgan fingerprint density at radius 1 is 1.30 bits per heavy atom. The number of hydrogen-bond donors (Lipinski definition) is 4. The zero-order valence-corrected chi connectivity index (χ0v) is 23.7. The highest BCUT2D eigenvalue weighted by atomic mass is 32.2. The predicted octanol–water partition coefficient (Wildman–Crippen LogP) is 1.80. The second-order valence-corrected chi connectivity index (χ2v) is 10.0. The minimum atomic E-state index is -0.624. The number of nitrogens with two attached hydrogens (primary N) is 1. The molecular weight excluding hydrogens is 528 g/mol. The lowest BCUT2D eigenvalue weighted by Crippen LogP contribution is -2.35. The number of amides is 1. The normalized spacial score (nSPS) is 11.6. The van der Waals surface area contributed by atoms with E-state index in [9.17, 15) is 9.59 Å². The van der Waals surface area contributed by atoms with E-state index in [1.807, 2.05) is 20.2 Å². The monoisotopic (exact) mass is 560 g/mol. The molecule has 0 saturated heterocycles. The summed E-state index contributed by atoms with van der Waals surface area (Å²) in [5.41, 5.74) is 7.85. The molecule has 0 radical (unpaired) electrons. The van der Waals surface area contributed by atoms with Crippen LogP contribution < -0.4 is 26.6 Å². The highest BCUT2D eigenvalue weighted by Crippen LogP contribution is 2.23. The number of nitrogen functional groups attached to an aromatic ring is 1. The van der Waals surface area contributed by atoms with Crippen LogP contribution in [0.5, 0.6) is 0 Å². The number of nitrogens with one attached hydrogen (secondary N) is 3. The minimum absolute atomic E-state index is 0.0878. The Labute approximate surface area is 236 Å². The number of aryl methyl sites for hydroxylation is 2. The first-order chi connectivity index (χ1) is 19.2. The Kier molecular flexibility index (Phi) is 8.93. The Balaban J connectivity index is 1.75. The van der Waals surface area contributed by atoms with Crippen molar-refractivity contribution >= 4 is 40.4 Å². The second-order valence-electron chi connectivity index (χ2n) is 8.93. The molecule has 1 amide bonds. The number of carbonyl (C=O) groups is 1. The van der Waals surface area contributed by atoms with Gasteiger partial charge in [-0.25, -0.2) is 4.98 Å². The summed E-state index contributed by atoms with van der Waals surface area (Å²) < 4.78 is 7.79. The summed E-state index contributed by atoms with van der Waals surface area (Å²) in [5.74, 6) is 7.31. The zero-order chi connectivity index (χ0) is 28.8. The highest BCUT2D eigenvalue weighted by Gasteiger charge is 2.25. The van der Waals surface area contributed by atoms with Gasteiger partial charge in [0.25, 0.3) is 11.5 Å². The molecule has 1 unspecified atom stereocenters. The first kappa shape index (κ1) is 28.5. The zero-order valence-electron chi connectivity index (χ0n) is 22.9. The van der Waals surface area contributed by atoms with Gasteiger partial charge in [-0.1, -0.05) is 35.9 Å². The van der Waals surface area contributed by atoms with E-state index >= 15 is 0 Å². The maximum absolute atomic E-state index is 13.9. The van der Waals surface area contributed by atoms with Crippen molar-refractivity contribution in [3.63, 3.8) is 0 Å². The second kappa shape index (κ2) is 12.5. The van der Waals surface area contributed by atoms with Gasteiger partial charge in [0.1, 0.15) is 17.2 Å². The highest BCUT2D eigenvalue weighted by molar-refractivity contribution is 7.97. The molecule has 1 atom stereocenters. The summed E-state index contributed by atoms with van der Waals surface area (Å²) in [6.07, 6.45) is 5.14. The Morgan fingerprint density at radius 2 is 2.10 bits per heavy atom. The third-order valence-electron chi connectivity index (χ3n) is 6.07. The summed E-state index contributed by atoms with van der Waals surface area (Å²) in [5, 5.41) is 14.8. The fourth-order valence-electron chi connectivity index (χ4n) is 4.27. The lowest BCUT2D eigenvalue weighted by Gasteiger charge is -2.20. The van der Waals surface area contributed by atoms with Gasteiger partial charge in [-0.15, -0.1) is 6.58 Å². The number of carbonyl (C=O) groups excluding carboxylic acids is 1. The van der Waals surface area contributed by atoms with Crippen molar-refractivity contribution in [1.29, 1.82) is 0 Å². The van der Waals surface area contributed by atoms with E-state index < -0.39 is 11.9 Å². The molecule has 3 aromatic heterocycles. The van der Waals surface area contributed by atoms with Crippen LogP contribution in [0.1, 0.15) is 40.3 Å². The molecule has 0 aliphatic carbocycles. The van der Waals surface area contributed by atoms with Gasteiger partial charge < -0.3 is 16.4 Å². The number of fused-ring (bicyclic) bond motifs is 1. The Bertz CT molecular complexity index is 1670. The van der Waals surface area contributed by atoms with Crippen LogP contribution in [-0.4, -0.2) is 54.4 Å². The van der Waals surface area contributed by atoms with Gasteiger partial charge in [0, 0.05) is 44.7 Å². The van der Waals surface area contributed by atoms with Gasteiger partial charge in [-0.3, -0.25) is 28.2 Å². The predicted molar refractivity (Wildman–Crippen MR) is 159 cm³/mol. The van der Waals surface area contributed by atoms with E-state index in [-0.39, 0.29) is 16.9 Å². The van der Waals surface area contributed by atoms with Crippen LogP contribution in [0.3, 0.4) is 0 Å². The summed E-state index contributed by atoms with van der Waals surface area (Å²) in [6.45, 7) is 6.28. The van der Waals surface area contributed by atoms with Crippen molar-refractivity contribution < 1.29 is 4.79 Å². The van der Waals surface area contributed by atoms with Crippen molar-refractivity contribution in [2.45, 2.75) is 19.5 Å². The van der Waals surface area contributed by atoms with Gasteiger partial charge in [-0.2, -0.15) is 10.2 Å². The molecule has 4 aromatic rings. The molecule has 0 fully saturated rings. The van der Waals surface area contributed by atoms with Crippen molar-refractivity contribution in [2.24, 2.45) is 14.1 Å². The van der Waals surface area contributed by atoms with Crippen molar-refractivity contribution in [1.82, 2.24) is 39.2 Å². The van der Waals surface area contributed by atoms with Crippen molar-refractivity contribution in [2.75, 3.05) is 30.4 Å². The maximum Gasteiger partial charge on any atom is 0.262 e. The Morgan fingerprint density at radius 3 is 2.80 bits per heavy atom. The molecule has 13 heteroatoms. The summed E-state index contributed by atoms with van der Waals surface area (Å²) in [7, 11) is 5.33. The van der Waals surface area contributed by atoms with Gasteiger partial charge in [0.05, 0.1) is 28.7 Å². The average Bonchev–Trinajstić information content (AvgIpc) is 3.47. The summed E-state index contributed by atoms with van der Waals surface area (Å²) in [4.78, 5) is 32.1. The van der Waals surface area contributed by atoms with Crippen LogP contribution in [0.25, 0.3) is 10.9 Å². The number of nitrogens with zero attached hydrogens (tertiary/aromatic N) is 6. The van der Waals surface area contributed by atoms with Crippen LogP contribution in [0.4, 0.5) is 11.6 Å². The van der Waals surface area contributed by atoms with Crippen LogP contribution in [-0.2, 0) is 20.6 Å². The molecule has 0 bridgehead atoms. The lowest BCUT2D eigenvalue weighted by atomic mass is 10.1. The molecule has 12 nitrogen and oxygen atoms in total. The molecular formula is C27H32N10O2S. The lowest BCUT2D eigenvalue weighted by molar-refractivity contribution is 0.0939. The van der Waals surface area contributed by atoms with Crippen molar-refractivity contribution in [3.8, 4) is 11.8 Å². The molecule has 3 heterocycles. The van der Waals surface area contributed by atoms with Crippen LogP contribution >= 0.6 is 11.9 Å². The molecule has 0 spiro atoms.